The lowest BCUT2D eigenvalue weighted by Crippen LogP contribution is -2.33. The fraction of sp³-hybridized carbons (Fsp3) is 0.200. The molecule has 7 heteroatoms. The van der Waals surface area contributed by atoms with Gasteiger partial charge in [0.05, 0.1) is 6.61 Å². The number of esters is 1. The summed E-state index contributed by atoms with van der Waals surface area (Å²) in [6.07, 6.45) is 2.05. The first kappa shape index (κ1) is 17.5. The molecule has 0 fully saturated rings. The predicted octanol–water partition coefficient (Wildman–Crippen LogP) is 1.82. The van der Waals surface area contributed by atoms with Crippen LogP contribution in [0.4, 0.5) is 5.69 Å². The van der Waals surface area contributed by atoms with E-state index < -0.39 is 11.9 Å². The lowest BCUT2D eigenvalue weighted by atomic mass is 10.1. The molecule has 0 unspecified atom stereocenters. The van der Waals surface area contributed by atoms with Gasteiger partial charge < -0.3 is 10.1 Å². The number of carbonyl (C=O) groups excluding carboxylic acids is 3. The van der Waals surface area contributed by atoms with Crippen molar-refractivity contribution < 1.29 is 19.1 Å². The minimum atomic E-state index is -0.601. The summed E-state index contributed by atoms with van der Waals surface area (Å²) in [7, 11) is 0. The van der Waals surface area contributed by atoms with Crippen LogP contribution in [0.25, 0.3) is 0 Å². The number of amides is 1. The maximum Gasteiger partial charge on any atom is 0.330 e. The molecular formula is C15H16N2O4S. The van der Waals surface area contributed by atoms with Crippen LogP contribution < -0.4 is 10.6 Å². The molecule has 0 aliphatic carbocycles. The fourth-order valence-corrected chi connectivity index (χ4v) is 1.66. The minimum Gasteiger partial charge on any atom is -0.463 e. The van der Waals surface area contributed by atoms with Crippen LogP contribution in [0.1, 0.15) is 24.2 Å². The maximum absolute atomic E-state index is 11.5. The van der Waals surface area contributed by atoms with Crippen LogP contribution in [0, 0.1) is 0 Å². The van der Waals surface area contributed by atoms with Gasteiger partial charge >= 0.3 is 5.97 Å². The van der Waals surface area contributed by atoms with Gasteiger partial charge in [-0.05, 0) is 50.3 Å². The number of Topliss-reactive ketones (excluding diaryl/α,β-unsaturated/α-hetero) is 1. The number of carbonyl (C=O) groups is 3. The second kappa shape index (κ2) is 8.68. The van der Waals surface area contributed by atoms with Crippen molar-refractivity contribution in [2.45, 2.75) is 13.8 Å². The van der Waals surface area contributed by atoms with Crippen LogP contribution in [0.2, 0.25) is 0 Å². The van der Waals surface area contributed by atoms with Gasteiger partial charge in [-0.15, -0.1) is 0 Å². The highest BCUT2D eigenvalue weighted by Gasteiger charge is 2.04. The Morgan fingerprint density at radius 1 is 1.18 bits per heavy atom. The largest absolute Gasteiger partial charge is 0.463 e. The molecule has 116 valence electrons. The average molecular weight is 320 g/mol. The summed E-state index contributed by atoms with van der Waals surface area (Å²) in [5, 5.41) is 5.25. The minimum absolute atomic E-state index is 0.0356. The van der Waals surface area contributed by atoms with Crippen LogP contribution in [-0.2, 0) is 14.3 Å². The predicted molar refractivity (Wildman–Crippen MR) is 86.6 cm³/mol. The molecule has 1 aromatic carbocycles. The third kappa shape index (κ3) is 6.27. The molecule has 1 amide bonds. The third-order valence-electron chi connectivity index (χ3n) is 2.44. The summed E-state index contributed by atoms with van der Waals surface area (Å²) in [6, 6.07) is 6.64. The first-order chi connectivity index (χ1) is 10.4. The van der Waals surface area contributed by atoms with Crippen molar-refractivity contribution in [3.63, 3.8) is 0 Å². The molecule has 0 heterocycles. The van der Waals surface area contributed by atoms with Gasteiger partial charge in [0, 0.05) is 23.4 Å². The van der Waals surface area contributed by atoms with E-state index in [9.17, 15) is 14.4 Å². The number of hydrogen-bond donors (Lipinski definition) is 2. The zero-order chi connectivity index (χ0) is 16.5. The molecule has 0 aliphatic rings. The SMILES string of the molecule is CCOC(=O)/C=C/C(=O)NC(=S)Nc1ccc(C(C)=O)cc1. The molecule has 0 saturated heterocycles. The van der Waals surface area contributed by atoms with Gasteiger partial charge in [-0.2, -0.15) is 0 Å². The monoisotopic (exact) mass is 320 g/mol. The molecule has 22 heavy (non-hydrogen) atoms. The van der Waals surface area contributed by atoms with E-state index in [4.69, 9.17) is 12.2 Å². The highest BCUT2D eigenvalue weighted by atomic mass is 32.1. The molecule has 0 saturated carbocycles. The molecule has 6 nitrogen and oxygen atoms in total. The molecule has 0 spiro atoms. The van der Waals surface area contributed by atoms with Crippen molar-refractivity contribution in [1.29, 1.82) is 0 Å². The van der Waals surface area contributed by atoms with E-state index >= 15 is 0 Å². The first-order valence-electron chi connectivity index (χ1n) is 6.50. The Labute approximate surface area is 133 Å². The summed E-state index contributed by atoms with van der Waals surface area (Å²) < 4.78 is 4.64. The Morgan fingerprint density at radius 2 is 1.82 bits per heavy atom. The van der Waals surface area contributed by atoms with Gasteiger partial charge in [-0.3, -0.25) is 14.9 Å². The average Bonchev–Trinajstić information content (AvgIpc) is 2.46. The zero-order valence-electron chi connectivity index (χ0n) is 12.2. The maximum atomic E-state index is 11.5. The second-order valence-electron chi connectivity index (χ2n) is 4.16. The number of rotatable bonds is 5. The van der Waals surface area contributed by atoms with E-state index in [-0.39, 0.29) is 17.5 Å². The van der Waals surface area contributed by atoms with Crippen molar-refractivity contribution in [3.05, 3.63) is 42.0 Å². The van der Waals surface area contributed by atoms with Crippen molar-refractivity contribution in [2.75, 3.05) is 11.9 Å². The molecular weight excluding hydrogens is 304 g/mol. The topological polar surface area (TPSA) is 84.5 Å². The summed E-state index contributed by atoms with van der Waals surface area (Å²) in [5.41, 5.74) is 1.21. The Morgan fingerprint density at radius 3 is 2.36 bits per heavy atom. The van der Waals surface area contributed by atoms with Gasteiger partial charge in [0.2, 0.25) is 5.91 Å². The smallest absolute Gasteiger partial charge is 0.330 e. The van der Waals surface area contributed by atoms with E-state index in [1.807, 2.05) is 0 Å². The van der Waals surface area contributed by atoms with Crippen LogP contribution in [-0.4, -0.2) is 29.4 Å². The Hall–Kier alpha value is -2.54. The van der Waals surface area contributed by atoms with Gasteiger partial charge in [-0.25, -0.2) is 4.79 Å². The number of thiocarbonyl (C=S) groups is 1. The molecule has 1 aromatic rings. The van der Waals surface area contributed by atoms with Crippen molar-refractivity contribution in [3.8, 4) is 0 Å². The normalized spacial score (nSPS) is 10.1. The second-order valence-corrected chi connectivity index (χ2v) is 4.57. The van der Waals surface area contributed by atoms with Crippen molar-refractivity contribution in [1.82, 2.24) is 5.32 Å². The van der Waals surface area contributed by atoms with Crippen LogP contribution >= 0.6 is 12.2 Å². The molecule has 0 aliphatic heterocycles. The standard InChI is InChI=1S/C15H16N2O4S/c1-3-21-14(20)9-8-13(19)17-15(22)16-12-6-4-11(5-7-12)10(2)18/h4-9H,3H2,1-2H3,(H2,16,17,19,22)/b9-8+. The van der Waals surface area contributed by atoms with E-state index in [2.05, 4.69) is 15.4 Å². The fourth-order valence-electron chi connectivity index (χ4n) is 1.44. The Bertz CT molecular complexity index is 608. The number of anilines is 1. The summed E-state index contributed by atoms with van der Waals surface area (Å²) in [5.74, 6) is -1.19. The van der Waals surface area contributed by atoms with E-state index in [1.165, 1.54) is 6.92 Å². The van der Waals surface area contributed by atoms with Crippen LogP contribution in [0.15, 0.2) is 36.4 Å². The summed E-state index contributed by atoms with van der Waals surface area (Å²) >= 11 is 4.97. The highest BCUT2D eigenvalue weighted by Crippen LogP contribution is 2.09. The molecule has 1 rings (SSSR count). The van der Waals surface area contributed by atoms with Gasteiger partial charge in [-0.1, -0.05) is 0 Å². The number of nitrogens with one attached hydrogen (secondary N) is 2. The lowest BCUT2D eigenvalue weighted by molar-refractivity contribution is -0.137. The third-order valence-corrected chi connectivity index (χ3v) is 2.65. The molecule has 0 bridgehead atoms. The van der Waals surface area contributed by atoms with E-state index in [0.29, 0.717) is 11.3 Å². The Kier molecular flexibility index (Phi) is 6.91. The molecule has 0 aromatic heterocycles. The number of benzene rings is 1. The van der Waals surface area contributed by atoms with E-state index in [0.717, 1.165) is 12.2 Å². The lowest BCUT2D eigenvalue weighted by Gasteiger charge is -2.08. The molecule has 0 atom stereocenters. The zero-order valence-corrected chi connectivity index (χ0v) is 13.0. The molecule has 2 N–H and O–H groups in total. The molecule has 0 radical (unpaired) electrons. The number of ether oxygens (including phenoxy) is 1. The van der Waals surface area contributed by atoms with E-state index in [1.54, 1.807) is 31.2 Å². The van der Waals surface area contributed by atoms with Gasteiger partial charge in [0.1, 0.15) is 0 Å². The van der Waals surface area contributed by atoms with Crippen LogP contribution in [0.3, 0.4) is 0 Å². The Balaban J connectivity index is 2.50. The number of ketones is 1. The number of hydrogen-bond acceptors (Lipinski definition) is 5. The summed E-state index contributed by atoms with van der Waals surface area (Å²) in [6.45, 7) is 3.38. The van der Waals surface area contributed by atoms with Gasteiger partial charge in [0.25, 0.3) is 0 Å². The van der Waals surface area contributed by atoms with Gasteiger partial charge in [0.15, 0.2) is 10.9 Å². The quantitative estimate of drug-likeness (QED) is 0.373. The van der Waals surface area contributed by atoms with Crippen molar-refractivity contribution >= 4 is 40.7 Å². The van der Waals surface area contributed by atoms with Crippen LogP contribution in [0.5, 0.6) is 0 Å². The first-order valence-corrected chi connectivity index (χ1v) is 6.91. The summed E-state index contributed by atoms with van der Waals surface area (Å²) in [4.78, 5) is 33.7. The highest BCUT2D eigenvalue weighted by molar-refractivity contribution is 7.80. The van der Waals surface area contributed by atoms with Crippen molar-refractivity contribution in [2.24, 2.45) is 0 Å².